The maximum atomic E-state index is 13.0. The van der Waals surface area contributed by atoms with Crippen LogP contribution in [-0.2, 0) is 4.79 Å². The number of anilines is 1. The van der Waals surface area contributed by atoms with Crippen molar-refractivity contribution in [2.45, 2.75) is 32.1 Å². The molecule has 1 amide bonds. The standard InChI is InChI=1S/C22H24N2OS/c1-4-22(3,15-26-18-12-10-16(2)11-13-18)21(25)24-19-9-5-7-17-8-6-14-23-20(17)19/h5-14H,4,15H2,1-3H3,(H,24,25). The lowest BCUT2D eigenvalue weighted by atomic mass is 9.88. The van der Waals surface area contributed by atoms with Crippen molar-refractivity contribution in [1.82, 2.24) is 4.98 Å². The molecule has 4 heteroatoms. The van der Waals surface area contributed by atoms with Gasteiger partial charge in [-0.05, 0) is 44.5 Å². The van der Waals surface area contributed by atoms with Crippen LogP contribution < -0.4 is 5.32 Å². The Morgan fingerprint density at radius 2 is 1.85 bits per heavy atom. The molecule has 26 heavy (non-hydrogen) atoms. The molecule has 3 aromatic rings. The lowest BCUT2D eigenvalue weighted by Crippen LogP contribution is -2.35. The Hall–Kier alpha value is -2.33. The van der Waals surface area contributed by atoms with Gasteiger partial charge in [-0.3, -0.25) is 9.78 Å². The number of carbonyl (C=O) groups excluding carboxylic acids is 1. The van der Waals surface area contributed by atoms with Gasteiger partial charge in [-0.25, -0.2) is 0 Å². The minimum Gasteiger partial charge on any atom is -0.324 e. The van der Waals surface area contributed by atoms with E-state index in [4.69, 9.17) is 0 Å². The first-order chi connectivity index (χ1) is 12.5. The van der Waals surface area contributed by atoms with Crippen LogP contribution in [0.25, 0.3) is 10.9 Å². The Balaban J connectivity index is 1.75. The maximum Gasteiger partial charge on any atom is 0.231 e. The number of thioether (sulfide) groups is 1. The van der Waals surface area contributed by atoms with Crippen molar-refractivity contribution in [1.29, 1.82) is 0 Å². The fourth-order valence-corrected chi connectivity index (χ4v) is 3.83. The third-order valence-corrected chi connectivity index (χ3v) is 6.17. The summed E-state index contributed by atoms with van der Waals surface area (Å²) in [5.74, 6) is 0.772. The highest BCUT2D eigenvalue weighted by atomic mass is 32.2. The highest BCUT2D eigenvalue weighted by Gasteiger charge is 2.31. The number of benzene rings is 2. The van der Waals surface area contributed by atoms with Gasteiger partial charge in [0.1, 0.15) is 0 Å². The van der Waals surface area contributed by atoms with Crippen molar-refractivity contribution in [3.05, 3.63) is 66.4 Å². The highest BCUT2D eigenvalue weighted by molar-refractivity contribution is 7.99. The van der Waals surface area contributed by atoms with Crippen LogP contribution in [0.4, 0.5) is 5.69 Å². The van der Waals surface area contributed by atoms with Crippen LogP contribution in [-0.4, -0.2) is 16.6 Å². The topological polar surface area (TPSA) is 42.0 Å². The predicted octanol–water partition coefficient (Wildman–Crippen LogP) is 5.69. The van der Waals surface area contributed by atoms with Gasteiger partial charge < -0.3 is 5.32 Å². The van der Waals surface area contributed by atoms with Crippen LogP contribution in [0.15, 0.2) is 65.7 Å². The number of fused-ring (bicyclic) bond motifs is 1. The number of aromatic nitrogens is 1. The smallest absolute Gasteiger partial charge is 0.231 e. The fraction of sp³-hybridized carbons (Fsp3) is 0.273. The Morgan fingerprint density at radius 3 is 2.58 bits per heavy atom. The summed E-state index contributed by atoms with van der Waals surface area (Å²) in [7, 11) is 0. The first-order valence-corrected chi connectivity index (χ1v) is 9.85. The summed E-state index contributed by atoms with van der Waals surface area (Å²) in [4.78, 5) is 18.6. The minimum atomic E-state index is -0.452. The molecule has 0 saturated carbocycles. The fourth-order valence-electron chi connectivity index (χ4n) is 2.68. The van der Waals surface area contributed by atoms with E-state index in [-0.39, 0.29) is 5.91 Å². The summed E-state index contributed by atoms with van der Waals surface area (Å²) >= 11 is 1.73. The van der Waals surface area contributed by atoms with Gasteiger partial charge >= 0.3 is 0 Å². The molecular formula is C22H24N2OS. The molecule has 1 unspecified atom stereocenters. The van der Waals surface area contributed by atoms with Gasteiger partial charge in [0.2, 0.25) is 5.91 Å². The zero-order chi connectivity index (χ0) is 18.6. The highest BCUT2D eigenvalue weighted by Crippen LogP contribution is 2.33. The first-order valence-electron chi connectivity index (χ1n) is 8.86. The minimum absolute atomic E-state index is 0.0396. The van der Waals surface area contributed by atoms with Gasteiger partial charge in [-0.2, -0.15) is 0 Å². The summed E-state index contributed by atoms with van der Waals surface area (Å²) < 4.78 is 0. The largest absolute Gasteiger partial charge is 0.324 e. The van der Waals surface area contributed by atoms with Crippen LogP contribution in [0.3, 0.4) is 0 Å². The van der Waals surface area contributed by atoms with Gasteiger partial charge in [0.25, 0.3) is 0 Å². The molecule has 1 aromatic heterocycles. The lowest BCUT2D eigenvalue weighted by Gasteiger charge is -2.27. The van der Waals surface area contributed by atoms with E-state index in [1.165, 1.54) is 10.5 Å². The number of pyridine rings is 1. The van der Waals surface area contributed by atoms with Gasteiger partial charge in [-0.1, -0.05) is 42.8 Å². The predicted molar refractivity (Wildman–Crippen MR) is 111 cm³/mol. The maximum absolute atomic E-state index is 13.0. The number of carbonyl (C=O) groups is 1. The van der Waals surface area contributed by atoms with Crippen molar-refractivity contribution in [3.8, 4) is 0 Å². The molecule has 0 spiro atoms. The molecule has 134 valence electrons. The number of hydrogen-bond acceptors (Lipinski definition) is 3. The van der Waals surface area contributed by atoms with E-state index in [0.717, 1.165) is 28.8 Å². The third kappa shape index (κ3) is 4.07. The van der Waals surface area contributed by atoms with Crippen molar-refractivity contribution < 1.29 is 4.79 Å². The van der Waals surface area contributed by atoms with Crippen LogP contribution >= 0.6 is 11.8 Å². The van der Waals surface area contributed by atoms with Gasteiger partial charge in [0, 0.05) is 22.2 Å². The number of rotatable bonds is 6. The molecule has 1 N–H and O–H groups in total. The summed E-state index contributed by atoms with van der Waals surface area (Å²) in [5.41, 5.74) is 2.39. The van der Waals surface area contributed by atoms with Gasteiger partial charge in [0.15, 0.2) is 0 Å². The van der Waals surface area contributed by atoms with E-state index in [9.17, 15) is 4.79 Å². The average molecular weight is 365 g/mol. The monoisotopic (exact) mass is 364 g/mol. The Morgan fingerprint density at radius 1 is 1.12 bits per heavy atom. The number of amides is 1. The molecule has 2 aromatic carbocycles. The molecule has 3 rings (SSSR count). The second-order valence-corrected chi connectivity index (χ2v) is 7.90. The zero-order valence-corrected chi connectivity index (χ0v) is 16.3. The number of nitrogens with zero attached hydrogens (tertiary/aromatic N) is 1. The van der Waals surface area contributed by atoms with Crippen LogP contribution in [0, 0.1) is 12.3 Å². The molecule has 0 aliphatic carbocycles. The van der Waals surface area contributed by atoms with Crippen molar-refractivity contribution in [2.75, 3.05) is 11.1 Å². The third-order valence-electron chi connectivity index (χ3n) is 4.79. The Kier molecular flexibility index (Phi) is 5.62. The quantitative estimate of drug-likeness (QED) is 0.571. The van der Waals surface area contributed by atoms with Crippen molar-refractivity contribution in [3.63, 3.8) is 0 Å². The van der Waals surface area contributed by atoms with E-state index in [0.29, 0.717) is 0 Å². The lowest BCUT2D eigenvalue weighted by molar-refractivity contribution is -0.123. The molecule has 1 heterocycles. The summed E-state index contributed by atoms with van der Waals surface area (Å²) in [6.45, 7) is 6.18. The SMILES string of the molecule is CCC(C)(CSc1ccc(C)cc1)C(=O)Nc1cccc2cccnc12. The van der Waals surface area contributed by atoms with Crippen LogP contribution in [0.5, 0.6) is 0 Å². The Bertz CT molecular complexity index is 902. The second kappa shape index (κ2) is 7.92. The normalized spacial score (nSPS) is 13.3. The molecule has 0 fully saturated rings. The van der Waals surface area contributed by atoms with Crippen LogP contribution in [0.1, 0.15) is 25.8 Å². The summed E-state index contributed by atoms with van der Waals surface area (Å²) in [6.07, 6.45) is 2.53. The Labute approximate surface area is 159 Å². The van der Waals surface area contributed by atoms with Crippen molar-refractivity contribution >= 4 is 34.3 Å². The molecule has 0 saturated heterocycles. The first kappa shape index (κ1) is 18.5. The summed E-state index contributed by atoms with van der Waals surface area (Å²) in [6, 6.07) is 18.2. The summed E-state index contributed by atoms with van der Waals surface area (Å²) in [5, 5.41) is 4.13. The van der Waals surface area contributed by atoms with Crippen LogP contribution in [0.2, 0.25) is 0 Å². The molecule has 1 atom stereocenters. The number of hydrogen-bond donors (Lipinski definition) is 1. The second-order valence-electron chi connectivity index (χ2n) is 6.85. The van der Waals surface area contributed by atoms with E-state index in [2.05, 4.69) is 48.4 Å². The molecular weight excluding hydrogens is 340 g/mol. The van der Waals surface area contributed by atoms with E-state index < -0.39 is 5.41 Å². The van der Waals surface area contributed by atoms with E-state index in [1.54, 1.807) is 18.0 Å². The number of para-hydroxylation sites is 1. The molecule has 0 radical (unpaired) electrons. The molecule has 0 aliphatic heterocycles. The molecule has 0 bridgehead atoms. The number of aryl methyl sites for hydroxylation is 1. The van der Waals surface area contributed by atoms with Gasteiger partial charge in [-0.15, -0.1) is 11.8 Å². The van der Waals surface area contributed by atoms with E-state index in [1.807, 2.05) is 37.3 Å². The molecule has 0 aliphatic rings. The molecule has 3 nitrogen and oxygen atoms in total. The zero-order valence-electron chi connectivity index (χ0n) is 15.5. The van der Waals surface area contributed by atoms with Crippen molar-refractivity contribution in [2.24, 2.45) is 5.41 Å². The van der Waals surface area contributed by atoms with Gasteiger partial charge in [0.05, 0.1) is 16.6 Å². The van der Waals surface area contributed by atoms with E-state index >= 15 is 0 Å². The average Bonchev–Trinajstić information content (AvgIpc) is 2.67. The number of nitrogens with one attached hydrogen (secondary N) is 1.